The summed E-state index contributed by atoms with van der Waals surface area (Å²) >= 11 is 0. The molecular formula is C18H26N2O5S. The first-order valence-corrected chi connectivity index (χ1v) is 10.8. The Hall–Kier alpha value is -1.64. The number of carbonyl (C=O) groups is 1. The molecular weight excluding hydrogens is 356 g/mol. The lowest BCUT2D eigenvalue weighted by Crippen LogP contribution is -2.49. The van der Waals surface area contributed by atoms with Gasteiger partial charge < -0.3 is 14.8 Å². The molecule has 2 N–H and O–H groups in total. The molecule has 0 saturated heterocycles. The summed E-state index contributed by atoms with van der Waals surface area (Å²) in [5, 5.41) is 2.99. The molecule has 8 heteroatoms. The molecule has 1 fully saturated rings. The molecule has 3 atom stereocenters. The van der Waals surface area contributed by atoms with E-state index < -0.39 is 10.0 Å². The van der Waals surface area contributed by atoms with Crippen molar-refractivity contribution in [3.63, 3.8) is 0 Å². The Bertz CT molecular complexity index is 765. The summed E-state index contributed by atoms with van der Waals surface area (Å²) in [6.45, 7) is 1.19. The zero-order valence-electron chi connectivity index (χ0n) is 15.2. The van der Waals surface area contributed by atoms with Crippen LogP contribution in [0, 0.1) is 5.92 Å². The standard InChI is InChI=1S/C18H26N2O5S/c1-24-17-10-14(4-5-15(17)20-26(2,22)23)18(21)19-11-12-3-6-16-13(9-12)7-8-25-16/h3,6,9,14-15,17,20H,4-5,7-8,10-11H2,1-2H3,(H,19,21)/t14-,15-,17-/m0/s1. The van der Waals surface area contributed by atoms with E-state index in [4.69, 9.17) is 9.47 Å². The van der Waals surface area contributed by atoms with Crippen molar-refractivity contribution in [2.24, 2.45) is 5.92 Å². The Labute approximate surface area is 154 Å². The number of carbonyl (C=O) groups excluding carboxylic acids is 1. The number of methoxy groups -OCH3 is 1. The van der Waals surface area contributed by atoms with E-state index in [0.717, 1.165) is 24.0 Å². The van der Waals surface area contributed by atoms with Crippen molar-refractivity contribution in [1.29, 1.82) is 0 Å². The van der Waals surface area contributed by atoms with Crippen LogP contribution in [0.3, 0.4) is 0 Å². The molecule has 0 unspecified atom stereocenters. The number of benzene rings is 1. The lowest BCUT2D eigenvalue weighted by atomic mass is 9.83. The molecule has 7 nitrogen and oxygen atoms in total. The molecule has 144 valence electrons. The average Bonchev–Trinajstić information content (AvgIpc) is 3.06. The van der Waals surface area contributed by atoms with Crippen LogP contribution in [-0.2, 0) is 32.5 Å². The Kier molecular flexibility index (Phi) is 5.84. The van der Waals surface area contributed by atoms with Crippen LogP contribution in [0.5, 0.6) is 5.75 Å². The number of ether oxygens (including phenoxy) is 2. The molecule has 3 rings (SSSR count). The van der Waals surface area contributed by atoms with Gasteiger partial charge in [-0.15, -0.1) is 0 Å². The highest BCUT2D eigenvalue weighted by molar-refractivity contribution is 7.88. The van der Waals surface area contributed by atoms with Crippen LogP contribution in [0.1, 0.15) is 30.4 Å². The summed E-state index contributed by atoms with van der Waals surface area (Å²) in [6, 6.07) is 5.71. The van der Waals surface area contributed by atoms with Gasteiger partial charge >= 0.3 is 0 Å². The van der Waals surface area contributed by atoms with Crippen molar-refractivity contribution < 1.29 is 22.7 Å². The number of hydrogen-bond acceptors (Lipinski definition) is 5. The zero-order valence-corrected chi connectivity index (χ0v) is 16.0. The van der Waals surface area contributed by atoms with Gasteiger partial charge in [-0.2, -0.15) is 0 Å². The largest absolute Gasteiger partial charge is 0.493 e. The van der Waals surface area contributed by atoms with E-state index in [2.05, 4.69) is 16.1 Å². The van der Waals surface area contributed by atoms with Gasteiger partial charge in [-0.05, 0) is 36.5 Å². The Morgan fingerprint density at radius 1 is 1.35 bits per heavy atom. The fraction of sp³-hybridized carbons (Fsp3) is 0.611. The highest BCUT2D eigenvalue weighted by atomic mass is 32.2. The van der Waals surface area contributed by atoms with Gasteiger partial charge in [0.2, 0.25) is 15.9 Å². The maximum atomic E-state index is 12.5. The summed E-state index contributed by atoms with van der Waals surface area (Å²) in [7, 11) is -1.75. The maximum Gasteiger partial charge on any atom is 0.223 e. The van der Waals surface area contributed by atoms with E-state index >= 15 is 0 Å². The molecule has 1 amide bonds. The second-order valence-corrected chi connectivity index (χ2v) is 8.82. The van der Waals surface area contributed by atoms with Crippen molar-refractivity contribution in [1.82, 2.24) is 10.0 Å². The highest BCUT2D eigenvalue weighted by Gasteiger charge is 2.35. The number of nitrogens with one attached hydrogen (secondary N) is 2. The summed E-state index contributed by atoms with van der Waals surface area (Å²) in [5.41, 5.74) is 2.24. The molecule has 1 aromatic rings. The molecule has 1 heterocycles. The molecule has 1 saturated carbocycles. The molecule has 26 heavy (non-hydrogen) atoms. The Morgan fingerprint density at radius 2 is 2.15 bits per heavy atom. The highest BCUT2D eigenvalue weighted by Crippen LogP contribution is 2.28. The number of rotatable bonds is 6. The van der Waals surface area contributed by atoms with Crippen molar-refractivity contribution in [2.45, 2.75) is 44.4 Å². The molecule has 1 aliphatic carbocycles. The molecule has 2 aliphatic rings. The van der Waals surface area contributed by atoms with E-state index in [9.17, 15) is 13.2 Å². The van der Waals surface area contributed by atoms with Crippen molar-refractivity contribution in [2.75, 3.05) is 20.0 Å². The van der Waals surface area contributed by atoms with Crippen LogP contribution < -0.4 is 14.8 Å². The summed E-state index contributed by atoms with van der Waals surface area (Å²) < 4.78 is 36.4. The minimum absolute atomic E-state index is 0.0124. The van der Waals surface area contributed by atoms with E-state index in [1.807, 2.05) is 12.1 Å². The van der Waals surface area contributed by atoms with Gasteiger partial charge in [0.15, 0.2) is 0 Å². The van der Waals surface area contributed by atoms with E-state index in [1.54, 1.807) is 7.11 Å². The van der Waals surface area contributed by atoms with Crippen LogP contribution in [0.25, 0.3) is 0 Å². The third-order valence-electron chi connectivity index (χ3n) is 5.05. The fourth-order valence-electron chi connectivity index (χ4n) is 3.72. The number of fused-ring (bicyclic) bond motifs is 1. The summed E-state index contributed by atoms with van der Waals surface area (Å²) in [6.07, 6.45) is 3.47. The van der Waals surface area contributed by atoms with Crippen molar-refractivity contribution in [3.05, 3.63) is 29.3 Å². The molecule has 0 radical (unpaired) electrons. The first-order valence-electron chi connectivity index (χ1n) is 8.88. The first kappa shape index (κ1) is 19.1. The second-order valence-electron chi connectivity index (χ2n) is 7.04. The maximum absolute atomic E-state index is 12.5. The smallest absolute Gasteiger partial charge is 0.223 e. The zero-order chi connectivity index (χ0) is 18.7. The Morgan fingerprint density at radius 3 is 2.88 bits per heavy atom. The van der Waals surface area contributed by atoms with Gasteiger partial charge in [0, 0.05) is 32.0 Å². The molecule has 0 aromatic heterocycles. The van der Waals surface area contributed by atoms with Gasteiger partial charge in [-0.3, -0.25) is 4.79 Å². The predicted molar refractivity (Wildman–Crippen MR) is 97.4 cm³/mol. The minimum atomic E-state index is -3.30. The molecule has 1 aromatic carbocycles. The van der Waals surface area contributed by atoms with Gasteiger partial charge in [0.05, 0.1) is 19.0 Å². The number of hydrogen-bond donors (Lipinski definition) is 2. The molecule has 0 bridgehead atoms. The van der Waals surface area contributed by atoms with Gasteiger partial charge in [0.25, 0.3) is 0 Å². The SMILES string of the molecule is CO[C@H]1C[C@@H](C(=O)NCc2ccc3c(c2)CCO3)CC[C@@H]1NS(C)(=O)=O. The van der Waals surface area contributed by atoms with Gasteiger partial charge in [0.1, 0.15) is 5.75 Å². The normalized spacial score (nSPS) is 25.4. The van der Waals surface area contributed by atoms with E-state index in [-0.39, 0.29) is 24.0 Å². The van der Waals surface area contributed by atoms with Gasteiger partial charge in [-0.1, -0.05) is 12.1 Å². The van der Waals surface area contributed by atoms with E-state index in [0.29, 0.717) is 32.4 Å². The fourth-order valence-corrected chi connectivity index (χ4v) is 4.54. The third kappa shape index (κ3) is 4.75. The van der Waals surface area contributed by atoms with Crippen LogP contribution in [0.2, 0.25) is 0 Å². The third-order valence-corrected chi connectivity index (χ3v) is 5.78. The monoisotopic (exact) mass is 382 g/mol. The van der Waals surface area contributed by atoms with Crippen LogP contribution in [0.4, 0.5) is 0 Å². The summed E-state index contributed by atoms with van der Waals surface area (Å²) in [4.78, 5) is 12.5. The van der Waals surface area contributed by atoms with E-state index in [1.165, 1.54) is 5.56 Å². The lowest BCUT2D eigenvalue weighted by molar-refractivity contribution is -0.128. The topological polar surface area (TPSA) is 93.7 Å². The van der Waals surface area contributed by atoms with Gasteiger partial charge in [-0.25, -0.2) is 13.1 Å². The predicted octanol–water partition coefficient (Wildman–Crippen LogP) is 0.971. The van der Waals surface area contributed by atoms with Crippen LogP contribution in [0.15, 0.2) is 18.2 Å². The average molecular weight is 382 g/mol. The summed E-state index contributed by atoms with van der Waals surface area (Å²) in [5.74, 6) is 0.747. The van der Waals surface area contributed by atoms with Crippen LogP contribution in [-0.4, -0.2) is 46.4 Å². The number of amides is 1. The Balaban J connectivity index is 1.54. The number of sulfonamides is 1. The minimum Gasteiger partial charge on any atom is -0.493 e. The molecule has 1 aliphatic heterocycles. The quantitative estimate of drug-likeness (QED) is 0.765. The second kappa shape index (κ2) is 7.94. The lowest BCUT2D eigenvalue weighted by Gasteiger charge is -2.34. The molecule has 0 spiro atoms. The van der Waals surface area contributed by atoms with Crippen LogP contribution >= 0.6 is 0 Å². The first-order chi connectivity index (χ1) is 12.4. The van der Waals surface area contributed by atoms with Crippen molar-refractivity contribution in [3.8, 4) is 5.75 Å². The van der Waals surface area contributed by atoms with Crippen molar-refractivity contribution >= 4 is 15.9 Å².